The fourth-order valence-corrected chi connectivity index (χ4v) is 4.72. The van der Waals surface area contributed by atoms with Crippen LogP contribution in [0, 0.1) is 6.92 Å². The molecule has 0 atom stereocenters. The largest absolute Gasteiger partial charge is 0.417 e. The van der Waals surface area contributed by atoms with E-state index in [1.165, 1.54) is 43.5 Å². The van der Waals surface area contributed by atoms with E-state index in [9.17, 15) is 31.2 Å². The van der Waals surface area contributed by atoms with Crippen LogP contribution in [0.25, 0.3) is 0 Å². The second-order valence-corrected chi connectivity index (χ2v) is 12.3. The summed E-state index contributed by atoms with van der Waals surface area (Å²) < 4.78 is 67.3. The number of imidazole rings is 1. The van der Waals surface area contributed by atoms with Crippen molar-refractivity contribution in [3.63, 3.8) is 0 Å². The highest BCUT2D eigenvalue weighted by Gasteiger charge is 2.38. The van der Waals surface area contributed by atoms with Gasteiger partial charge in [-0.05, 0) is 24.6 Å². The molecule has 39 heavy (non-hydrogen) atoms. The monoisotopic (exact) mass is 564 g/mol. The molecular formula is C27H31F3N4O4S. The van der Waals surface area contributed by atoms with E-state index in [0.29, 0.717) is 17.2 Å². The first-order valence-electron chi connectivity index (χ1n) is 12.2. The van der Waals surface area contributed by atoms with E-state index in [1.807, 2.05) is 20.8 Å². The third kappa shape index (κ3) is 6.73. The molecule has 12 heteroatoms. The summed E-state index contributed by atoms with van der Waals surface area (Å²) in [5, 5.41) is 2.69. The molecule has 2 aromatic heterocycles. The van der Waals surface area contributed by atoms with E-state index in [1.54, 1.807) is 11.5 Å². The summed E-state index contributed by atoms with van der Waals surface area (Å²) in [6.45, 7) is 8.36. The van der Waals surface area contributed by atoms with Crippen LogP contribution < -0.4 is 5.32 Å². The van der Waals surface area contributed by atoms with E-state index in [2.05, 4.69) is 15.3 Å². The first-order valence-corrected chi connectivity index (χ1v) is 14.1. The van der Waals surface area contributed by atoms with Crippen molar-refractivity contribution in [2.45, 2.75) is 70.6 Å². The SMILES string of the molecule is CCC(=O)c1cccc(Cn2c(C(C)(C)C)nc(C(=O)NCc3ccc(S(C)(=O)=O)cn3)c2C)c1C(F)(F)F. The molecule has 1 N–H and O–H groups in total. The fraction of sp³-hybridized carbons (Fsp3) is 0.407. The Labute approximate surface area is 225 Å². The van der Waals surface area contributed by atoms with Gasteiger partial charge < -0.3 is 9.88 Å². The molecule has 0 unspecified atom stereocenters. The van der Waals surface area contributed by atoms with Gasteiger partial charge in [-0.3, -0.25) is 14.6 Å². The molecule has 3 rings (SSSR count). The molecule has 2 heterocycles. The summed E-state index contributed by atoms with van der Waals surface area (Å²) in [5.41, 5.74) is -1.28. The Balaban J connectivity index is 1.99. The first-order chi connectivity index (χ1) is 17.9. The van der Waals surface area contributed by atoms with Gasteiger partial charge in [-0.1, -0.05) is 45.9 Å². The van der Waals surface area contributed by atoms with Gasteiger partial charge in [0.25, 0.3) is 5.91 Å². The van der Waals surface area contributed by atoms with E-state index < -0.39 is 38.7 Å². The van der Waals surface area contributed by atoms with Crippen LogP contribution in [0.15, 0.2) is 41.4 Å². The molecule has 0 radical (unpaired) electrons. The Bertz CT molecular complexity index is 1500. The molecule has 0 spiro atoms. The van der Waals surface area contributed by atoms with E-state index in [4.69, 9.17) is 0 Å². The average molecular weight is 565 g/mol. The number of hydrogen-bond acceptors (Lipinski definition) is 6. The Morgan fingerprint density at radius 1 is 1.08 bits per heavy atom. The van der Waals surface area contributed by atoms with Gasteiger partial charge in [-0.25, -0.2) is 13.4 Å². The smallest absolute Gasteiger partial charge is 0.345 e. The predicted octanol–water partition coefficient (Wildman–Crippen LogP) is 4.88. The van der Waals surface area contributed by atoms with Crippen molar-refractivity contribution in [3.8, 4) is 0 Å². The molecule has 0 bridgehead atoms. The standard InChI is InChI=1S/C27H31F3N4O4S/c1-7-21(35)20-10-8-9-17(22(20)27(28,29)30)15-34-16(2)23(33-25(34)26(3,4)5)24(36)32-13-18-11-12-19(14-31-18)39(6,37)38/h8-12,14H,7,13,15H2,1-6H3,(H,32,36). The number of aromatic nitrogens is 3. The zero-order valence-corrected chi connectivity index (χ0v) is 23.4. The highest BCUT2D eigenvalue weighted by molar-refractivity contribution is 7.90. The van der Waals surface area contributed by atoms with Crippen LogP contribution in [-0.4, -0.2) is 40.9 Å². The van der Waals surface area contributed by atoms with Gasteiger partial charge in [-0.2, -0.15) is 13.2 Å². The average Bonchev–Trinajstić information content (AvgIpc) is 3.17. The van der Waals surface area contributed by atoms with Crippen molar-refractivity contribution < 1.29 is 31.2 Å². The van der Waals surface area contributed by atoms with Crippen molar-refractivity contribution in [2.75, 3.05) is 6.26 Å². The lowest BCUT2D eigenvalue weighted by molar-refractivity contribution is -0.138. The Morgan fingerprint density at radius 2 is 1.74 bits per heavy atom. The number of nitrogens with one attached hydrogen (secondary N) is 1. The van der Waals surface area contributed by atoms with Gasteiger partial charge >= 0.3 is 6.18 Å². The number of alkyl halides is 3. The third-order valence-corrected chi connectivity index (χ3v) is 7.24. The Kier molecular flexibility index (Phi) is 8.40. The van der Waals surface area contributed by atoms with Crippen molar-refractivity contribution >= 4 is 21.5 Å². The maximum atomic E-state index is 14.1. The lowest BCUT2D eigenvalue weighted by atomic mass is 9.94. The Morgan fingerprint density at radius 3 is 2.26 bits per heavy atom. The summed E-state index contributed by atoms with van der Waals surface area (Å²) >= 11 is 0. The van der Waals surface area contributed by atoms with Gasteiger partial charge in [0, 0.05) is 42.1 Å². The van der Waals surface area contributed by atoms with Crippen LogP contribution in [0.5, 0.6) is 0 Å². The maximum absolute atomic E-state index is 14.1. The van der Waals surface area contributed by atoms with Crippen LogP contribution in [0.3, 0.4) is 0 Å². The molecule has 8 nitrogen and oxygen atoms in total. The second-order valence-electron chi connectivity index (χ2n) is 10.3. The lowest BCUT2D eigenvalue weighted by Crippen LogP contribution is -2.24. The molecule has 0 saturated carbocycles. The number of carbonyl (C=O) groups excluding carboxylic acids is 2. The van der Waals surface area contributed by atoms with Crippen LogP contribution in [0.1, 0.15) is 83.3 Å². The molecular weight excluding hydrogens is 533 g/mol. The second kappa shape index (κ2) is 10.9. The minimum atomic E-state index is -4.76. The zero-order valence-electron chi connectivity index (χ0n) is 22.6. The van der Waals surface area contributed by atoms with Crippen molar-refractivity contribution in [1.82, 2.24) is 19.9 Å². The van der Waals surface area contributed by atoms with Crippen molar-refractivity contribution in [2.24, 2.45) is 0 Å². The Hall–Kier alpha value is -3.54. The highest BCUT2D eigenvalue weighted by atomic mass is 32.2. The number of carbonyl (C=O) groups is 2. The van der Waals surface area contributed by atoms with Crippen LogP contribution >= 0.6 is 0 Å². The number of ketones is 1. The minimum absolute atomic E-state index is 0.0145. The highest BCUT2D eigenvalue weighted by Crippen LogP contribution is 2.36. The van der Waals surface area contributed by atoms with Gasteiger partial charge in [0.15, 0.2) is 15.6 Å². The first kappa shape index (κ1) is 30.0. The number of halogens is 3. The third-order valence-electron chi connectivity index (χ3n) is 6.15. The topological polar surface area (TPSA) is 111 Å². The number of hydrogen-bond donors (Lipinski definition) is 1. The quantitative estimate of drug-likeness (QED) is 0.391. The van der Waals surface area contributed by atoms with Gasteiger partial charge in [-0.15, -0.1) is 0 Å². The lowest BCUT2D eigenvalue weighted by Gasteiger charge is -2.23. The number of pyridine rings is 1. The molecule has 210 valence electrons. The molecule has 0 saturated heterocycles. The van der Waals surface area contributed by atoms with Crippen molar-refractivity contribution in [3.05, 3.63) is 76.1 Å². The van der Waals surface area contributed by atoms with E-state index in [0.717, 1.165) is 6.26 Å². The fourth-order valence-electron chi connectivity index (χ4n) is 4.16. The molecule has 1 aromatic carbocycles. The zero-order chi connectivity index (χ0) is 29.3. The normalized spacial score (nSPS) is 12.4. The van der Waals surface area contributed by atoms with E-state index in [-0.39, 0.29) is 41.2 Å². The number of benzene rings is 1. The number of Topliss-reactive ketones (excluding diaryl/α,β-unsaturated/α-hetero) is 1. The maximum Gasteiger partial charge on any atom is 0.417 e. The number of sulfone groups is 1. The molecule has 0 aliphatic rings. The summed E-state index contributed by atoms with van der Waals surface area (Å²) in [4.78, 5) is 34.0. The minimum Gasteiger partial charge on any atom is -0.345 e. The number of nitrogens with zero attached hydrogens (tertiary/aromatic N) is 3. The molecule has 0 fully saturated rings. The van der Waals surface area contributed by atoms with Gasteiger partial charge in [0.2, 0.25) is 0 Å². The van der Waals surface area contributed by atoms with Crippen LogP contribution in [-0.2, 0) is 34.5 Å². The summed E-state index contributed by atoms with van der Waals surface area (Å²) in [7, 11) is -3.41. The van der Waals surface area contributed by atoms with Crippen LogP contribution in [0.4, 0.5) is 13.2 Å². The number of amides is 1. The van der Waals surface area contributed by atoms with Crippen LogP contribution in [0.2, 0.25) is 0 Å². The van der Waals surface area contributed by atoms with Crippen molar-refractivity contribution in [1.29, 1.82) is 0 Å². The van der Waals surface area contributed by atoms with Gasteiger partial charge in [0.1, 0.15) is 11.5 Å². The number of rotatable bonds is 8. The molecule has 0 aliphatic carbocycles. The summed E-state index contributed by atoms with van der Waals surface area (Å²) in [6, 6.07) is 6.79. The summed E-state index contributed by atoms with van der Waals surface area (Å²) in [5.74, 6) is -0.765. The summed E-state index contributed by atoms with van der Waals surface area (Å²) in [6.07, 6.45) is -2.57. The molecule has 3 aromatic rings. The predicted molar refractivity (Wildman–Crippen MR) is 139 cm³/mol. The molecule has 1 amide bonds. The van der Waals surface area contributed by atoms with Gasteiger partial charge in [0.05, 0.1) is 22.7 Å². The van der Waals surface area contributed by atoms with E-state index >= 15 is 0 Å². The molecule has 0 aliphatic heterocycles.